The van der Waals surface area contributed by atoms with Gasteiger partial charge in [-0.05, 0) is 74.2 Å². The zero-order chi connectivity index (χ0) is 19.9. The van der Waals surface area contributed by atoms with Crippen LogP contribution in [0.3, 0.4) is 0 Å². The van der Waals surface area contributed by atoms with Gasteiger partial charge in [-0.3, -0.25) is 4.90 Å². The van der Waals surface area contributed by atoms with Gasteiger partial charge in [-0.2, -0.15) is 0 Å². The average molecular weight is 404 g/mol. The Hall–Kier alpha value is -1.75. The first-order valence-electron chi connectivity index (χ1n) is 9.92. The fraction of sp³-hybridized carbons (Fsp3) is 0.478. The van der Waals surface area contributed by atoms with Crippen molar-refractivity contribution in [3.63, 3.8) is 0 Å². The van der Waals surface area contributed by atoms with Crippen LogP contribution >= 0.6 is 11.6 Å². The number of hydrogen-bond acceptors (Lipinski definition) is 4. The molecule has 0 saturated carbocycles. The molecule has 28 heavy (non-hydrogen) atoms. The lowest BCUT2D eigenvalue weighted by atomic mass is 10.1. The molecule has 5 heteroatoms. The molecule has 0 atom stereocenters. The highest BCUT2D eigenvalue weighted by Crippen LogP contribution is 2.28. The summed E-state index contributed by atoms with van der Waals surface area (Å²) in [6.07, 6.45) is 2.19. The average Bonchev–Trinajstić information content (AvgIpc) is 2.71. The molecule has 152 valence electrons. The number of halogens is 1. The minimum Gasteiger partial charge on any atom is -0.496 e. The monoisotopic (exact) mass is 403 g/mol. The van der Waals surface area contributed by atoms with Gasteiger partial charge in [0.2, 0.25) is 0 Å². The lowest BCUT2D eigenvalue weighted by Gasteiger charge is -2.26. The summed E-state index contributed by atoms with van der Waals surface area (Å²) in [6.45, 7) is 9.38. The smallest absolute Gasteiger partial charge is 0.125 e. The van der Waals surface area contributed by atoms with Crippen molar-refractivity contribution in [1.82, 2.24) is 4.90 Å². The van der Waals surface area contributed by atoms with Gasteiger partial charge in [-0.25, -0.2) is 0 Å². The first kappa shape index (κ1) is 21.0. The highest BCUT2D eigenvalue weighted by atomic mass is 35.5. The molecule has 0 amide bonds. The second kappa shape index (κ2) is 10.1. The molecule has 1 fully saturated rings. The van der Waals surface area contributed by atoms with E-state index in [-0.39, 0.29) is 0 Å². The second-order valence-corrected chi connectivity index (χ2v) is 7.74. The number of methoxy groups -OCH3 is 1. The predicted octanol–water partition coefficient (Wildman–Crippen LogP) is 4.81. The highest BCUT2D eigenvalue weighted by Gasteiger charge is 2.11. The molecule has 1 saturated heterocycles. The molecule has 4 nitrogen and oxygen atoms in total. The standard InChI is InChI=1S/C23H30ClNO3/c1-17-13-21(14-18(2)23(17)24)28-16-20-15-19(6-7-22(20)26-3)5-4-8-25-9-11-27-12-10-25/h6-7,13-15H,4-5,8-12,16H2,1-3H3. The number of nitrogens with zero attached hydrogens (tertiary/aromatic N) is 1. The van der Waals surface area contributed by atoms with E-state index in [2.05, 4.69) is 17.0 Å². The van der Waals surface area contributed by atoms with Gasteiger partial charge in [0, 0.05) is 23.7 Å². The topological polar surface area (TPSA) is 30.9 Å². The van der Waals surface area contributed by atoms with E-state index in [4.69, 9.17) is 25.8 Å². The molecule has 0 spiro atoms. The van der Waals surface area contributed by atoms with E-state index in [9.17, 15) is 0 Å². The van der Waals surface area contributed by atoms with Crippen molar-refractivity contribution >= 4 is 11.6 Å². The third-order valence-electron chi connectivity index (χ3n) is 5.19. The first-order valence-corrected chi connectivity index (χ1v) is 10.3. The van der Waals surface area contributed by atoms with Crippen LogP contribution in [0.1, 0.15) is 28.7 Å². The minimum atomic E-state index is 0.473. The van der Waals surface area contributed by atoms with Crippen molar-refractivity contribution in [3.8, 4) is 11.5 Å². The van der Waals surface area contributed by atoms with Crippen molar-refractivity contribution in [2.45, 2.75) is 33.3 Å². The van der Waals surface area contributed by atoms with Gasteiger partial charge >= 0.3 is 0 Å². The van der Waals surface area contributed by atoms with Crippen LogP contribution in [-0.4, -0.2) is 44.9 Å². The maximum atomic E-state index is 6.25. The quantitative estimate of drug-likeness (QED) is 0.632. The molecule has 2 aromatic rings. The molecular formula is C23H30ClNO3. The third kappa shape index (κ3) is 5.63. The molecule has 2 aromatic carbocycles. The van der Waals surface area contributed by atoms with Gasteiger partial charge in [-0.15, -0.1) is 0 Å². The molecule has 1 aliphatic heterocycles. The van der Waals surface area contributed by atoms with Gasteiger partial charge in [0.15, 0.2) is 0 Å². The molecule has 0 N–H and O–H groups in total. The van der Waals surface area contributed by atoms with Gasteiger partial charge in [-0.1, -0.05) is 17.7 Å². The number of rotatable bonds is 8. The van der Waals surface area contributed by atoms with E-state index in [0.29, 0.717) is 6.61 Å². The van der Waals surface area contributed by atoms with Gasteiger partial charge in [0.05, 0.1) is 20.3 Å². The van der Waals surface area contributed by atoms with Crippen molar-refractivity contribution in [1.29, 1.82) is 0 Å². The summed E-state index contributed by atoms with van der Waals surface area (Å²) in [6, 6.07) is 10.4. The van der Waals surface area contributed by atoms with Crippen molar-refractivity contribution in [3.05, 3.63) is 57.6 Å². The normalized spacial score (nSPS) is 14.9. The van der Waals surface area contributed by atoms with Crippen LogP contribution < -0.4 is 9.47 Å². The summed E-state index contributed by atoms with van der Waals surface area (Å²) in [7, 11) is 1.70. The number of ether oxygens (including phenoxy) is 3. The molecule has 0 radical (unpaired) electrons. The minimum absolute atomic E-state index is 0.473. The molecule has 1 aliphatic rings. The lowest BCUT2D eigenvalue weighted by Crippen LogP contribution is -2.36. The van der Waals surface area contributed by atoms with E-state index in [1.54, 1.807) is 7.11 Å². The van der Waals surface area contributed by atoms with Crippen molar-refractivity contribution in [2.24, 2.45) is 0 Å². The number of morpholine rings is 1. The van der Waals surface area contributed by atoms with Crippen LogP contribution in [0.25, 0.3) is 0 Å². The largest absolute Gasteiger partial charge is 0.496 e. The van der Waals surface area contributed by atoms with Crippen LogP contribution in [0, 0.1) is 13.8 Å². The Balaban J connectivity index is 1.60. The highest BCUT2D eigenvalue weighted by molar-refractivity contribution is 6.32. The molecule has 0 unspecified atom stereocenters. The number of hydrogen-bond donors (Lipinski definition) is 0. The summed E-state index contributed by atoms with van der Waals surface area (Å²) in [4.78, 5) is 2.47. The first-order chi connectivity index (χ1) is 13.6. The Kier molecular flexibility index (Phi) is 7.60. The molecule has 0 aliphatic carbocycles. The summed E-state index contributed by atoms with van der Waals surface area (Å²) in [5.74, 6) is 1.69. The zero-order valence-corrected chi connectivity index (χ0v) is 17.8. The fourth-order valence-corrected chi connectivity index (χ4v) is 3.69. The van der Waals surface area contributed by atoms with Crippen LogP contribution in [0.15, 0.2) is 30.3 Å². The second-order valence-electron chi connectivity index (χ2n) is 7.36. The Labute approximate surface area is 173 Å². The number of aryl methyl sites for hydroxylation is 3. The maximum Gasteiger partial charge on any atom is 0.125 e. The van der Waals surface area contributed by atoms with E-state index in [0.717, 1.165) is 78.9 Å². The third-order valence-corrected chi connectivity index (χ3v) is 5.79. The lowest BCUT2D eigenvalue weighted by molar-refractivity contribution is 0.0374. The van der Waals surface area contributed by atoms with Crippen molar-refractivity contribution < 1.29 is 14.2 Å². The molecule has 1 heterocycles. The number of benzene rings is 2. The maximum absolute atomic E-state index is 6.25. The Morgan fingerprint density at radius 3 is 2.46 bits per heavy atom. The van der Waals surface area contributed by atoms with Crippen LogP contribution in [0.5, 0.6) is 11.5 Å². The van der Waals surface area contributed by atoms with Gasteiger partial charge < -0.3 is 14.2 Å². The van der Waals surface area contributed by atoms with Crippen LogP contribution in [0.2, 0.25) is 5.02 Å². The molecular weight excluding hydrogens is 374 g/mol. The Bertz CT molecular complexity index is 764. The SMILES string of the molecule is COc1ccc(CCCN2CCOCC2)cc1COc1cc(C)c(Cl)c(C)c1. The predicted molar refractivity (Wildman–Crippen MR) is 114 cm³/mol. The van der Waals surface area contributed by atoms with Crippen LogP contribution in [-0.2, 0) is 17.8 Å². The Morgan fingerprint density at radius 2 is 1.79 bits per heavy atom. The molecule has 3 rings (SSSR count). The van der Waals surface area contributed by atoms with E-state index in [1.165, 1.54) is 5.56 Å². The van der Waals surface area contributed by atoms with E-state index >= 15 is 0 Å². The van der Waals surface area contributed by atoms with E-state index < -0.39 is 0 Å². The summed E-state index contributed by atoms with van der Waals surface area (Å²) < 4.78 is 17.0. The fourth-order valence-electron chi connectivity index (χ4n) is 3.58. The van der Waals surface area contributed by atoms with Gasteiger partial charge in [0.25, 0.3) is 0 Å². The molecule has 0 bridgehead atoms. The molecule has 0 aromatic heterocycles. The van der Waals surface area contributed by atoms with Gasteiger partial charge in [0.1, 0.15) is 18.1 Å². The van der Waals surface area contributed by atoms with E-state index in [1.807, 2.05) is 32.0 Å². The van der Waals surface area contributed by atoms with Crippen LogP contribution in [0.4, 0.5) is 0 Å². The summed E-state index contributed by atoms with van der Waals surface area (Å²) in [5, 5.41) is 0.798. The summed E-state index contributed by atoms with van der Waals surface area (Å²) in [5.41, 5.74) is 4.44. The van der Waals surface area contributed by atoms with Crippen molar-refractivity contribution in [2.75, 3.05) is 40.0 Å². The Morgan fingerprint density at radius 1 is 1.07 bits per heavy atom. The summed E-state index contributed by atoms with van der Waals surface area (Å²) >= 11 is 6.25. The zero-order valence-electron chi connectivity index (χ0n) is 17.1.